The number of carbonyl (C=O) groups is 3. The van der Waals surface area contributed by atoms with Crippen LogP contribution in [0.25, 0.3) is 0 Å². The highest BCUT2D eigenvalue weighted by Crippen LogP contribution is 2.36. The van der Waals surface area contributed by atoms with Crippen molar-refractivity contribution in [3.8, 4) is 5.75 Å². The summed E-state index contributed by atoms with van der Waals surface area (Å²) in [5.74, 6) is -1.32. The molecule has 1 aromatic rings. The first-order valence-corrected chi connectivity index (χ1v) is 10.1. The van der Waals surface area contributed by atoms with E-state index in [2.05, 4.69) is 13.8 Å². The SMILES string of the molecule is COc1ccc(C(=O)COC(=O)[C@@H]2CC(=O)N([C@H]3CCC[C@@H](C)[C@H]3C)C2)cc1F. The molecule has 1 aliphatic heterocycles. The predicted molar refractivity (Wildman–Crippen MR) is 104 cm³/mol. The number of halogens is 1. The zero-order chi connectivity index (χ0) is 21.1. The molecule has 7 heteroatoms. The van der Waals surface area contributed by atoms with Crippen LogP contribution in [0.4, 0.5) is 4.39 Å². The van der Waals surface area contributed by atoms with Crippen LogP contribution in [0, 0.1) is 23.6 Å². The van der Waals surface area contributed by atoms with Crippen LogP contribution in [0.5, 0.6) is 5.75 Å². The number of hydrogen-bond donors (Lipinski definition) is 0. The van der Waals surface area contributed by atoms with Gasteiger partial charge in [-0.25, -0.2) is 4.39 Å². The second-order valence-electron chi connectivity index (χ2n) is 8.16. The van der Waals surface area contributed by atoms with Crippen LogP contribution < -0.4 is 4.74 Å². The number of nitrogens with zero attached hydrogens (tertiary/aromatic N) is 1. The van der Waals surface area contributed by atoms with E-state index in [9.17, 15) is 18.8 Å². The molecule has 1 aromatic carbocycles. The lowest BCUT2D eigenvalue weighted by atomic mass is 9.77. The summed E-state index contributed by atoms with van der Waals surface area (Å²) in [4.78, 5) is 39.0. The van der Waals surface area contributed by atoms with Gasteiger partial charge < -0.3 is 14.4 Å². The Hall–Kier alpha value is -2.44. The van der Waals surface area contributed by atoms with E-state index >= 15 is 0 Å². The van der Waals surface area contributed by atoms with Gasteiger partial charge in [-0.1, -0.05) is 26.7 Å². The summed E-state index contributed by atoms with van der Waals surface area (Å²) in [6.45, 7) is 4.23. The molecule has 1 saturated heterocycles. The van der Waals surface area contributed by atoms with Gasteiger partial charge in [0.05, 0.1) is 13.0 Å². The Morgan fingerprint density at radius 3 is 2.69 bits per heavy atom. The average Bonchev–Trinajstić information content (AvgIpc) is 3.09. The van der Waals surface area contributed by atoms with Crippen molar-refractivity contribution in [1.82, 2.24) is 4.90 Å². The van der Waals surface area contributed by atoms with E-state index in [-0.39, 0.29) is 29.7 Å². The van der Waals surface area contributed by atoms with Crippen molar-refractivity contribution < 1.29 is 28.2 Å². The van der Waals surface area contributed by atoms with Gasteiger partial charge in [-0.2, -0.15) is 0 Å². The normalized spacial score (nSPS) is 27.0. The molecule has 0 aromatic heterocycles. The maximum atomic E-state index is 13.7. The first-order chi connectivity index (χ1) is 13.8. The summed E-state index contributed by atoms with van der Waals surface area (Å²) < 4.78 is 23.7. The zero-order valence-electron chi connectivity index (χ0n) is 17.2. The maximum absolute atomic E-state index is 13.7. The van der Waals surface area contributed by atoms with Crippen molar-refractivity contribution in [3.63, 3.8) is 0 Å². The van der Waals surface area contributed by atoms with E-state index in [1.54, 1.807) is 0 Å². The third kappa shape index (κ3) is 4.60. The summed E-state index contributed by atoms with van der Waals surface area (Å²) in [6, 6.07) is 3.99. The number of ketones is 1. The van der Waals surface area contributed by atoms with Gasteiger partial charge in [0.15, 0.2) is 24.0 Å². The standard InChI is InChI=1S/C22H28FNO5/c1-13-5-4-6-18(14(13)2)24-11-16(10-21(24)26)22(27)29-12-19(25)15-7-8-20(28-3)17(23)9-15/h7-9,13-14,16,18H,4-6,10-12H2,1-3H3/t13-,14-,16-,18+/m1/s1. The van der Waals surface area contributed by atoms with Crippen LogP contribution in [-0.2, 0) is 14.3 Å². The number of benzene rings is 1. The highest BCUT2D eigenvalue weighted by atomic mass is 19.1. The topological polar surface area (TPSA) is 72.9 Å². The third-order valence-corrected chi connectivity index (χ3v) is 6.38. The minimum absolute atomic E-state index is 0.0264. The molecule has 0 unspecified atom stereocenters. The second-order valence-corrected chi connectivity index (χ2v) is 8.16. The number of ether oxygens (including phenoxy) is 2. The molecular formula is C22H28FNO5. The van der Waals surface area contributed by atoms with Gasteiger partial charge in [-0.15, -0.1) is 0 Å². The lowest BCUT2D eigenvalue weighted by Crippen LogP contribution is -2.45. The molecule has 4 atom stereocenters. The first kappa shape index (κ1) is 21.3. The Balaban J connectivity index is 1.55. The minimum atomic E-state index is -0.655. The van der Waals surface area contributed by atoms with Gasteiger partial charge in [0.2, 0.25) is 5.91 Å². The number of amides is 1. The fraction of sp³-hybridized carbons (Fsp3) is 0.591. The first-order valence-electron chi connectivity index (χ1n) is 10.1. The quantitative estimate of drug-likeness (QED) is 0.537. The van der Waals surface area contributed by atoms with E-state index in [1.165, 1.54) is 25.7 Å². The molecule has 1 amide bonds. The van der Waals surface area contributed by atoms with E-state index in [0.717, 1.165) is 18.9 Å². The highest BCUT2D eigenvalue weighted by molar-refractivity contribution is 5.98. The highest BCUT2D eigenvalue weighted by Gasteiger charge is 2.42. The maximum Gasteiger partial charge on any atom is 0.311 e. The third-order valence-electron chi connectivity index (χ3n) is 6.38. The van der Waals surface area contributed by atoms with Crippen molar-refractivity contribution >= 4 is 17.7 Å². The van der Waals surface area contributed by atoms with Gasteiger partial charge in [-0.3, -0.25) is 14.4 Å². The molecule has 2 fully saturated rings. The van der Waals surface area contributed by atoms with E-state index in [4.69, 9.17) is 9.47 Å². The Morgan fingerprint density at radius 1 is 1.24 bits per heavy atom. The lowest BCUT2D eigenvalue weighted by Gasteiger charge is -2.39. The number of Topliss-reactive ketones (excluding diaryl/α,β-unsaturated/α-hetero) is 1. The molecule has 1 saturated carbocycles. The molecule has 2 aliphatic rings. The Labute approximate surface area is 170 Å². The number of carbonyl (C=O) groups excluding carboxylic acids is 3. The van der Waals surface area contributed by atoms with Crippen molar-refractivity contribution in [2.75, 3.05) is 20.3 Å². The van der Waals surface area contributed by atoms with Gasteiger partial charge in [0.25, 0.3) is 0 Å². The van der Waals surface area contributed by atoms with Gasteiger partial charge in [-0.05, 0) is 36.5 Å². The number of esters is 1. The Bertz CT molecular complexity index is 795. The average molecular weight is 405 g/mol. The van der Waals surface area contributed by atoms with Crippen LogP contribution in [0.2, 0.25) is 0 Å². The van der Waals surface area contributed by atoms with Crippen LogP contribution in [0.15, 0.2) is 18.2 Å². The summed E-state index contributed by atoms with van der Waals surface area (Å²) in [7, 11) is 1.34. The molecule has 6 nitrogen and oxygen atoms in total. The molecule has 0 bridgehead atoms. The summed E-state index contributed by atoms with van der Waals surface area (Å²) in [5.41, 5.74) is 0.102. The fourth-order valence-electron chi connectivity index (χ4n) is 4.38. The molecule has 0 spiro atoms. The monoisotopic (exact) mass is 405 g/mol. The van der Waals surface area contributed by atoms with Crippen LogP contribution in [0.3, 0.4) is 0 Å². The van der Waals surface area contributed by atoms with E-state index in [1.807, 2.05) is 4.90 Å². The largest absolute Gasteiger partial charge is 0.494 e. The molecule has 0 N–H and O–H groups in total. The Kier molecular flexibility index (Phi) is 6.55. The van der Waals surface area contributed by atoms with Crippen molar-refractivity contribution in [3.05, 3.63) is 29.6 Å². The molecule has 158 valence electrons. The van der Waals surface area contributed by atoms with Crippen LogP contribution in [0.1, 0.15) is 49.9 Å². The number of methoxy groups -OCH3 is 1. The van der Waals surface area contributed by atoms with Crippen molar-refractivity contribution in [1.29, 1.82) is 0 Å². The van der Waals surface area contributed by atoms with Gasteiger partial charge in [0, 0.05) is 24.6 Å². The van der Waals surface area contributed by atoms with E-state index in [0.29, 0.717) is 18.4 Å². The fourth-order valence-corrected chi connectivity index (χ4v) is 4.38. The van der Waals surface area contributed by atoms with Crippen LogP contribution in [-0.4, -0.2) is 48.9 Å². The Morgan fingerprint density at radius 2 is 2.00 bits per heavy atom. The number of rotatable bonds is 6. The number of likely N-dealkylation sites (tertiary alicyclic amines) is 1. The van der Waals surface area contributed by atoms with Crippen LogP contribution >= 0.6 is 0 Å². The van der Waals surface area contributed by atoms with Gasteiger partial charge in [0.1, 0.15) is 0 Å². The summed E-state index contributed by atoms with van der Waals surface area (Å²) >= 11 is 0. The molecule has 29 heavy (non-hydrogen) atoms. The molecule has 1 aliphatic carbocycles. The zero-order valence-corrected chi connectivity index (χ0v) is 17.2. The molecule has 3 rings (SSSR count). The smallest absolute Gasteiger partial charge is 0.311 e. The van der Waals surface area contributed by atoms with Gasteiger partial charge >= 0.3 is 5.97 Å². The second kappa shape index (κ2) is 8.93. The lowest BCUT2D eigenvalue weighted by molar-refractivity contribution is -0.147. The number of hydrogen-bond acceptors (Lipinski definition) is 5. The molecule has 1 heterocycles. The summed E-state index contributed by atoms with van der Waals surface area (Å²) in [5, 5.41) is 0. The van der Waals surface area contributed by atoms with Crippen molar-refractivity contribution in [2.45, 2.75) is 45.6 Å². The minimum Gasteiger partial charge on any atom is -0.494 e. The predicted octanol–water partition coefficient (Wildman–Crippen LogP) is 3.23. The molecule has 0 radical (unpaired) electrons. The molecular weight excluding hydrogens is 377 g/mol. The van der Waals surface area contributed by atoms with E-state index < -0.39 is 30.1 Å². The van der Waals surface area contributed by atoms with Crippen molar-refractivity contribution in [2.24, 2.45) is 17.8 Å². The summed E-state index contributed by atoms with van der Waals surface area (Å²) in [6.07, 6.45) is 3.32.